The Bertz CT molecular complexity index is 427. The number of hydrogen-bond donors (Lipinski definition) is 2. The van der Waals surface area contributed by atoms with E-state index in [0.717, 1.165) is 18.7 Å². The van der Waals surface area contributed by atoms with E-state index >= 15 is 0 Å². The number of aliphatic hydroxyl groups is 1. The highest BCUT2D eigenvalue weighted by Gasteiger charge is 2.25. The molecule has 20 heavy (non-hydrogen) atoms. The number of benzene rings is 1. The second-order valence-corrected chi connectivity index (χ2v) is 5.55. The molecule has 0 atom stereocenters. The van der Waals surface area contributed by atoms with Crippen LogP contribution in [0.2, 0.25) is 0 Å². The zero-order chi connectivity index (χ0) is 14.4. The molecule has 4 nitrogen and oxygen atoms in total. The van der Waals surface area contributed by atoms with Gasteiger partial charge in [0, 0.05) is 24.9 Å². The summed E-state index contributed by atoms with van der Waals surface area (Å²) in [5.74, 6) is 0.0266. The normalized spacial score (nSPS) is 15.2. The quantitative estimate of drug-likeness (QED) is 0.802. The largest absolute Gasteiger partial charge is 0.396 e. The summed E-state index contributed by atoms with van der Waals surface area (Å²) in [4.78, 5) is 14.3. The van der Waals surface area contributed by atoms with Crippen molar-refractivity contribution in [2.75, 3.05) is 25.0 Å². The van der Waals surface area contributed by atoms with Crippen molar-refractivity contribution in [2.24, 2.45) is 0 Å². The first kappa shape index (κ1) is 15.0. The van der Waals surface area contributed by atoms with Crippen molar-refractivity contribution in [3.63, 3.8) is 0 Å². The number of hydrogen-bond acceptors (Lipinski definition) is 3. The van der Waals surface area contributed by atoms with Crippen molar-refractivity contribution >= 4 is 11.6 Å². The van der Waals surface area contributed by atoms with Crippen molar-refractivity contribution in [3.8, 4) is 0 Å². The lowest BCUT2D eigenvalue weighted by Crippen LogP contribution is -2.45. The molecule has 1 aromatic carbocycles. The fourth-order valence-electron chi connectivity index (χ4n) is 2.44. The molecule has 1 fully saturated rings. The standard InChI is InChI=1S/C16H24N2O2/c1-13-6-8-14(9-7-13)17-16(20)12-18(10-3-11-19)15-4-2-5-15/h6-9,15,19H,2-5,10-12H2,1H3,(H,17,20). The summed E-state index contributed by atoms with van der Waals surface area (Å²) < 4.78 is 0. The average molecular weight is 276 g/mol. The van der Waals surface area contributed by atoms with Crippen molar-refractivity contribution in [1.82, 2.24) is 4.90 Å². The van der Waals surface area contributed by atoms with Gasteiger partial charge in [-0.15, -0.1) is 0 Å². The molecule has 0 aliphatic heterocycles. The second-order valence-electron chi connectivity index (χ2n) is 5.55. The van der Waals surface area contributed by atoms with Gasteiger partial charge >= 0.3 is 0 Å². The molecule has 0 aromatic heterocycles. The third kappa shape index (κ3) is 4.32. The number of nitrogens with one attached hydrogen (secondary N) is 1. The van der Waals surface area contributed by atoms with E-state index in [1.807, 2.05) is 31.2 Å². The van der Waals surface area contributed by atoms with Gasteiger partial charge in [0.1, 0.15) is 0 Å². The SMILES string of the molecule is Cc1ccc(NC(=O)CN(CCCO)C2CCC2)cc1. The Hall–Kier alpha value is -1.39. The highest BCUT2D eigenvalue weighted by atomic mass is 16.3. The molecule has 0 spiro atoms. The van der Waals surface area contributed by atoms with Gasteiger partial charge in [-0.25, -0.2) is 0 Å². The summed E-state index contributed by atoms with van der Waals surface area (Å²) in [5, 5.41) is 11.9. The number of anilines is 1. The predicted octanol–water partition coefficient (Wildman–Crippen LogP) is 2.17. The van der Waals surface area contributed by atoms with Gasteiger partial charge in [-0.3, -0.25) is 9.69 Å². The van der Waals surface area contributed by atoms with Crippen LogP contribution in [-0.4, -0.2) is 41.7 Å². The van der Waals surface area contributed by atoms with Crippen LogP contribution in [0.4, 0.5) is 5.69 Å². The van der Waals surface area contributed by atoms with Crippen LogP contribution >= 0.6 is 0 Å². The Labute approximate surface area is 120 Å². The lowest BCUT2D eigenvalue weighted by Gasteiger charge is -2.37. The first-order valence-corrected chi connectivity index (χ1v) is 7.40. The number of carbonyl (C=O) groups is 1. The third-order valence-electron chi connectivity index (χ3n) is 3.88. The van der Waals surface area contributed by atoms with Gasteiger partial charge in [-0.05, 0) is 38.3 Å². The van der Waals surface area contributed by atoms with E-state index in [1.54, 1.807) is 0 Å². The summed E-state index contributed by atoms with van der Waals surface area (Å²) in [7, 11) is 0. The minimum absolute atomic E-state index is 0.0266. The molecule has 0 bridgehead atoms. The lowest BCUT2D eigenvalue weighted by molar-refractivity contribution is -0.118. The molecule has 2 rings (SSSR count). The van der Waals surface area contributed by atoms with E-state index in [0.29, 0.717) is 12.6 Å². The molecule has 2 N–H and O–H groups in total. The first-order valence-electron chi connectivity index (χ1n) is 7.40. The van der Waals surface area contributed by atoms with Crippen LogP contribution in [0, 0.1) is 6.92 Å². The maximum atomic E-state index is 12.1. The van der Waals surface area contributed by atoms with Gasteiger partial charge in [0.15, 0.2) is 0 Å². The van der Waals surface area contributed by atoms with Crippen LogP contribution in [0.1, 0.15) is 31.2 Å². The second kappa shape index (κ2) is 7.41. The average Bonchev–Trinajstić information content (AvgIpc) is 2.36. The summed E-state index contributed by atoms with van der Waals surface area (Å²) >= 11 is 0. The summed E-state index contributed by atoms with van der Waals surface area (Å²) in [5.41, 5.74) is 2.03. The zero-order valence-electron chi connectivity index (χ0n) is 12.1. The number of nitrogens with zero attached hydrogens (tertiary/aromatic N) is 1. The van der Waals surface area contributed by atoms with Crippen molar-refractivity contribution in [2.45, 2.75) is 38.6 Å². The summed E-state index contributed by atoms with van der Waals surface area (Å²) in [6.07, 6.45) is 4.32. The van der Waals surface area contributed by atoms with Gasteiger partial charge in [-0.1, -0.05) is 24.1 Å². The molecule has 0 radical (unpaired) electrons. The number of aryl methyl sites for hydroxylation is 1. The van der Waals surface area contributed by atoms with Gasteiger partial charge in [0.2, 0.25) is 5.91 Å². The molecule has 1 aliphatic rings. The maximum Gasteiger partial charge on any atom is 0.238 e. The highest BCUT2D eigenvalue weighted by molar-refractivity contribution is 5.92. The third-order valence-corrected chi connectivity index (χ3v) is 3.88. The molecule has 4 heteroatoms. The molecular weight excluding hydrogens is 252 g/mol. The number of carbonyl (C=O) groups excluding carboxylic acids is 1. The minimum Gasteiger partial charge on any atom is -0.396 e. The smallest absolute Gasteiger partial charge is 0.238 e. The van der Waals surface area contributed by atoms with E-state index in [1.165, 1.54) is 24.8 Å². The minimum atomic E-state index is 0.0266. The first-order chi connectivity index (χ1) is 9.69. The Morgan fingerprint density at radius 1 is 1.35 bits per heavy atom. The van der Waals surface area contributed by atoms with E-state index in [4.69, 9.17) is 5.11 Å². The van der Waals surface area contributed by atoms with Crippen LogP contribution < -0.4 is 5.32 Å². The van der Waals surface area contributed by atoms with Gasteiger partial charge in [0.25, 0.3) is 0 Å². The molecular formula is C16H24N2O2. The molecule has 1 saturated carbocycles. The molecule has 1 aromatic rings. The predicted molar refractivity (Wildman–Crippen MR) is 80.7 cm³/mol. The monoisotopic (exact) mass is 276 g/mol. The highest BCUT2D eigenvalue weighted by Crippen LogP contribution is 2.24. The Balaban J connectivity index is 1.85. The number of aliphatic hydroxyl groups excluding tert-OH is 1. The zero-order valence-corrected chi connectivity index (χ0v) is 12.1. The van der Waals surface area contributed by atoms with Crippen LogP contribution in [0.15, 0.2) is 24.3 Å². The Morgan fingerprint density at radius 3 is 2.60 bits per heavy atom. The Morgan fingerprint density at radius 2 is 2.05 bits per heavy atom. The van der Waals surface area contributed by atoms with E-state index in [2.05, 4.69) is 10.2 Å². The molecule has 0 unspecified atom stereocenters. The van der Waals surface area contributed by atoms with E-state index in [9.17, 15) is 4.79 Å². The van der Waals surface area contributed by atoms with Crippen molar-refractivity contribution in [3.05, 3.63) is 29.8 Å². The molecule has 1 aliphatic carbocycles. The lowest BCUT2D eigenvalue weighted by atomic mass is 9.91. The molecule has 110 valence electrons. The van der Waals surface area contributed by atoms with Crippen LogP contribution in [0.3, 0.4) is 0 Å². The fourth-order valence-corrected chi connectivity index (χ4v) is 2.44. The molecule has 1 amide bonds. The van der Waals surface area contributed by atoms with Gasteiger partial charge in [0.05, 0.1) is 6.54 Å². The van der Waals surface area contributed by atoms with Crippen LogP contribution in [0.25, 0.3) is 0 Å². The maximum absolute atomic E-state index is 12.1. The number of amides is 1. The van der Waals surface area contributed by atoms with Crippen molar-refractivity contribution < 1.29 is 9.90 Å². The molecule has 0 heterocycles. The molecule has 0 saturated heterocycles. The van der Waals surface area contributed by atoms with Gasteiger partial charge in [-0.2, -0.15) is 0 Å². The summed E-state index contributed by atoms with van der Waals surface area (Å²) in [6.45, 7) is 3.42. The van der Waals surface area contributed by atoms with E-state index in [-0.39, 0.29) is 12.5 Å². The number of rotatable bonds is 7. The van der Waals surface area contributed by atoms with E-state index < -0.39 is 0 Å². The fraction of sp³-hybridized carbons (Fsp3) is 0.562. The van der Waals surface area contributed by atoms with Crippen molar-refractivity contribution in [1.29, 1.82) is 0 Å². The van der Waals surface area contributed by atoms with Crippen LogP contribution in [-0.2, 0) is 4.79 Å². The summed E-state index contributed by atoms with van der Waals surface area (Å²) in [6, 6.07) is 8.35. The van der Waals surface area contributed by atoms with Gasteiger partial charge < -0.3 is 10.4 Å². The van der Waals surface area contributed by atoms with Crippen LogP contribution in [0.5, 0.6) is 0 Å². The topological polar surface area (TPSA) is 52.6 Å². The Kier molecular flexibility index (Phi) is 5.56.